The van der Waals surface area contributed by atoms with Gasteiger partial charge in [0.05, 0.1) is 43.0 Å². The smallest absolute Gasteiger partial charge is 0.407 e. The van der Waals surface area contributed by atoms with Gasteiger partial charge in [-0.05, 0) is 60.3 Å². The van der Waals surface area contributed by atoms with Gasteiger partial charge in [-0.15, -0.1) is 0 Å². The number of halogens is 3. The molecular formula is C39H45F3N8O6. The van der Waals surface area contributed by atoms with Crippen molar-refractivity contribution in [1.82, 2.24) is 40.4 Å². The maximum Gasteiger partial charge on any atom is 0.407 e. The summed E-state index contributed by atoms with van der Waals surface area (Å²) in [7, 11) is 1.27. The number of rotatable bonds is 12. The van der Waals surface area contributed by atoms with E-state index in [1.54, 1.807) is 17.3 Å². The van der Waals surface area contributed by atoms with Gasteiger partial charge in [0, 0.05) is 19.5 Å². The van der Waals surface area contributed by atoms with Gasteiger partial charge in [0.1, 0.15) is 23.7 Å². The molecule has 0 saturated carbocycles. The lowest BCUT2D eigenvalue weighted by molar-refractivity contribution is -0.143. The molecule has 0 radical (unpaired) electrons. The minimum atomic E-state index is -4.53. The fourth-order valence-electron chi connectivity index (χ4n) is 7.41. The van der Waals surface area contributed by atoms with Gasteiger partial charge < -0.3 is 40.2 Å². The first-order valence-electron chi connectivity index (χ1n) is 18.5. The third kappa shape index (κ3) is 9.14. The Morgan fingerprint density at radius 2 is 1.27 bits per heavy atom. The van der Waals surface area contributed by atoms with Crippen molar-refractivity contribution in [2.24, 2.45) is 5.92 Å². The first-order chi connectivity index (χ1) is 26.7. The van der Waals surface area contributed by atoms with Crippen LogP contribution >= 0.6 is 0 Å². The minimum absolute atomic E-state index is 0.133. The van der Waals surface area contributed by atoms with Crippen LogP contribution in [0.15, 0.2) is 60.9 Å². The van der Waals surface area contributed by atoms with E-state index in [1.165, 1.54) is 12.0 Å². The molecule has 17 heteroatoms. The average molecular weight is 779 g/mol. The lowest BCUT2D eigenvalue weighted by Gasteiger charge is -2.30. The van der Waals surface area contributed by atoms with E-state index in [9.17, 15) is 32.3 Å². The van der Waals surface area contributed by atoms with Crippen molar-refractivity contribution in [3.8, 4) is 33.6 Å². The van der Waals surface area contributed by atoms with Crippen molar-refractivity contribution in [2.45, 2.75) is 82.7 Å². The average Bonchev–Trinajstić information content (AvgIpc) is 4.01. The van der Waals surface area contributed by atoms with Crippen molar-refractivity contribution in [3.63, 3.8) is 0 Å². The highest BCUT2D eigenvalue weighted by Crippen LogP contribution is 2.35. The van der Waals surface area contributed by atoms with Crippen LogP contribution in [-0.2, 0) is 14.3 Å². The summed E-state index contributed by atoms with van der Waals surface area (Å²) in [5.74, 6) is 0.138. The molecule has 2 aliphatic heterocycles. The van der Waals surface area contributed by atoms with Crippen LogP contribution in [0.1, 0.15) is 76.1 Å². The summed E-state index contributed by atoms with van der Waals surface area (Å²) in [6.45, 7) is 4.58. The maximum absolute atomic E-state index is 13.5. The van der Waals surface area contributed by atoms with Crippen molar-refractivity contribution >= 4 is 24.0 Å². The Hall–Kier alpha value is -5.87. The Morgan fingerprint density at radius 1 is 0.804 bits per heavy atom. The van der Waals surface area contributed by atoms with Gasteiger partial charge in [-0.1, -0.05) is 62.4 Å². The summed E-state index contributed by atoms with van der Waals surface area (Å²) >= 11 is 0. The van der Waals surface area contributed by atoms with Gasteiger partial charge >= 0.3 is 18.4 Å². The second-order valence-electron chi connectivity index (χ2n) is 14.4. The van der Waals surface area contributed by atoms with Crippen molar-refractivity contribution in [1.29, 1.82) is 0 Å². The van der Waals surface area contributed by atoms with Gasteiger partial charge in [0.25, 0.3) is 0 Å². The number of alkyl carbamates (subject to hydrolysis) is 1. The number of methoxy groups -OCH3 is 1. The number of alkyl halides is 3. The van der Waals surface area contributed by atoms with Gasteiger partial charge in [0.2, 0.25) is 11.8 Å². The number of likely N-dealkylation sites (tertiary alicyclic amines) is 2. The lowest BCUT2D eigenvalue weighted by atomic mass is 10.0. The van der Waals surface area contributed by atoms with Crippen LogP contribution in [0.2, 0.25) is 0 Å². The van der Waals surface area contributed by atoms with Crippen molar-refractivity contribution < 1.29 is 42.2 Å². The highest BCUT2D eigenvalue weighted by molar-refractivity contribution is 5.87. The lowest BCUT2D eigenvalue weighted by Crippen LogP contribution is -2.51. The summed E-state index contributed by atoms with van der Waals surface area (Å²) < 4.78 is 43.4. The molecule has 14 nitrogen and oxygen atoms in total. The third-order valence-electron chi connectivity index (χ3n) is 10.3. The molecule has 2 aromatic carbocycles. The van der Waals surface area contributed by atoms with E-state index >= 15 is 0 Å². The Labute approximate surface area is 321 Å². The van der Waals surface area contributed by atoms with Crippen LogP contribution in [0, 0.1) is 5.92 Å². The quantitative estimate of drug-likeness (QED) is 0.104. The number of nitrogens with zero attached hydrogens (tertiary/aromatic N) is 4. The van der Waals surface area contributed by atoms with E-state index in [2.05, 4.69) is 25.3 Å². The predicted molar refractivity (Wildman–Crippen MR) is 199 cm³/mol. The zero-order valence-corrected chi connectivity index (χ0v) is 31.2. The molecule has 56 heavy (non-hydrogen) atoms. The molecule has 4 atom stereocenters. The third-order valence-corrected chi connectivity index (χ3v) is 10.3. The van der Waals surface area contributed by atoms with E-state index in [0.717, 1.165) is 40.8 Å². The van der Waals surface area contributed by atoms with Gasteiger partial charge in [0.15, 0.2) is 0 Å². The number of hydrogen-bond donors (Lipinski definition) is 5. The Morgan fingerprint density at radius 3 is 1.70 bits per heavy atom. The number of nitrogens with one attached hydrogen (secondary N) is 4. The number of aromatic amines is 2. The number of carboxylic acid groups (broad SMARTS) is 1. The molecule has 2 aromatic heterocycles. The van der Waals surface area contributed by atoms with Crippen molar-refractivity contribution in [3.05, 3.63) is 72.6 Å². The summed E-state index contributed by atoms with van der Waals surface area (Å²) in [6, 6.07) is 12.8. The number of benzene rings is 2. The molecule has 6 rings (SSSR count). The molecule has 0 bridgehead atoms. The van der Waals surface area contributed by atoms with E-state index in [0.29, 0.717) is 36.7 Å². The number of amides is 4. The van der Waals surface area contributed by atoms with Crippen LogP contribution in [0.4, 0.5) is 22.8 Å². The molecule has 4 unspecified atom stereocenters. The zero-order valence-electron chi connectivity index (χ0n) is 31.2. The number of carbonyl (C=O) groups excluding carboxylic acids is 3. The highest BCUT2D eigenvalue weighted by Gasteiger charge is 2.39. The molecule has 4 heterocycles. The second-order valence-corrected chi connectivity index (χ2v) is 14.4. The second kappa shape index (κ2) is 16.9. The van der Waals surface area contributed by atoms with Crippen LogP contribution in [0.5, 0.6) is 0 Å². The zero-order chi connectivity index (χ0) is 40.1. The monoisotopic (exact) mass is 778 g/mol. The minimum Gasteiger partial charge on any atom is -0.465 e. The number of hydrogen-bond acceptors (Lipinski definition) is 7. The number of ether oxygens (including phenoxy) is 1. The van der Waals surface area contributed by atoms with E-state index in [4.69, 9.17) is 9.84 Å². The van der Waals surface area contributed by atoms with Crippen LogP contribution in [0.25, 0.3) is 33.6 Å². The molecule has 2 saturated heterocycles. The molecule has 4 amide bonds. The van der Waals surface area contributed by atoms with Gasteiger partial charge in [-0.3, -0.25) is 9.59 Å². The van der Waals surface area contributed by atoms with E-state index in [-0.39, 0.29) is 24.4 Å². The number of imidazole rings is 2. The highest BCUT2D eigenvalue weighted by atomic mass is 19.4. The van der Waals surface area contributed by atoms with Crippen LogP contribution < -0.4 is 10.6 Å². The summed E-state index contributed by atoms with van der Waals surface area (Å²) in [5.41, 5.74) is 5.19. The molecule has 4 aromatic rings. The Balaban J connectivity index is 1.10. The van der Waals surface area contributed by atoms with Gasteiger partial charge in [-0.2, -0.15) is 13.2 Å². The standard InChI is InChI=1S/C39H45F3N8O6/c1-22(2)32(48-38(55)56-3)36(52)50-19-5-7-31(50)34-44-21-29(46-34)26-14-10-24(11-15-26)23-8-12-25(13-9-23)28-20-43-33(45-28)30-6-4-18-49(30)35(51)27(47-37(53)54)16-17-39(40,41)42/h8-15,20-22,27,30-32,47H,4-7,16-19H2,1-3H3,(H,43,45)(H,44,46)(H,48,55)(H,53,54). The molecule has 298 valence electrons. The molecule has 2 fully saturated rings. The number of carbonyl (C=O) groups is 4. The summed E-state index contributed by atoms with van der Waals surface area (Å²) in [6.07, 6.45) is -2.65. The maximum atomic E-state index is 13.5. The molecule has 0 aliphatic carbocycles. The normalized spacial score (nSPS) is 18.2. The molecular weight excluding hydrogens is 733 g/mol. The Bertz CT molecular complexity index is 2010. The van der Waals surface area contributed by atoms with E-state index < -0.39 is 55.2 Å². The molecule has 2 aliphatic rings. The van der Waals surface area contributed by atoms with Crippen molar-refractivity contribution in [2.75, 3.05) is 20.2 Å². The van der Waals surface area contributed by atoms with Crippen LogP contribution in [-0.4, -0.2) is 97.3 Å². The first kappa shape index (κ1) is 39.8. The summed E-state index contributed by atoms with van der Waals surface area (Å²) in [4.78, 5) is 68.9. The fraction of sp³-hybridized carbons (Fsp3) is 0.436. The van der Waals surface area contributed by atoms with Crippen LogP contribution in [0.3, 0.4) is 0 Å². The SMILES string of the molecule is COC(=O)NC(C(=O)N1CCCC1c1ncc(-c2ccc(-c3ccc(-c4cnc(C5CCCN5C(=O)C(CCC(F)(F)F)NC(=O)O)[nH]4)cc3)cc2)[nH]1)C(C)C. The fourth-order valence-corrected chi connectivity index (χ4v) is 7.41. The largest absolute Gasteiger partial charge is 0.465 e. The first-order valence-corrected chi connectivity index (χ1v) is 18.5. The topological polar surface area (TPSA) is 186 Å². The number of aromatic nitrogens is 4. The number of H-pyrrole nitrogens is 2. The Kier molecular flexibility index (Phi) is 12.0. The van der Waals surface area contributed by atoms with Gasteiger partial charge in [-0.25, -0.2) is 19.6 Å². The predicted octanol–water partition coefficient (Wildman–Crippen LogP) is 6.82. The summed E-state index contributed by atoms with van der Waals surface area (Å²) in [5, 5.41) is 13.8. The van der Waals surface area contributed by atoms with E-state index in [1.807, 2.05) is 67.7 Å². The molecule has 5 N–H and O–H groups in total. The molecule has 0 spiro atoms.